The Hall–Kier alpha value is -2.50. The zero-order chi connectivity index (χ0) is 18.6. The van der Waals surface area contributed by atoms with E-state index in [9.17, 15) is 4.79 Å². The van der Waals surface area contributed by atoms with Gasteiger partial charge in [0, 0.05) is 31.8 Å². The third-order valence-electron chi connectivity index (χ3n) is 5.31. The first kappa shape index (κ1) is 17.9. The van der Waals surface area contributed by atoms with Crippen LogP contribution in [0.1, 0.15) is 50.0 Å². The van der Waals surface area contributed by atoms with Crippen LogP contribution in [0.2, 0.25) is 0 Å². The highest BCUT2D eigenvalue weighted by Crippen LogP contribution is 2.38. The molecular formula is C21H27N3O3. The fraction of sp³-hybridized carbons (Fsp3) is 0.524. The van der Waals surface area contributed by atoms with Gasteiger partial charge in [-0.2, -0.15) is 0 Å². The molecular weight excluding hydrogens is 342 g/mol. The van der Waals surface area contributed by atoms with Crippen LogP contribution in [0.5, 0.6) is 11.5 Å². The highest BCUT2D eigenvalue weighted by Gasteiger charge is 2.31. The van der Waals surface area contributed by atoms with E-state index >= 15 is 0 Å². The zero-order valence-electron chi connectivity index (χ0n) is 15.9. The highest BCUT2D eigenvalue weighted by molar-refractivity contribution is 5.77. The number of hydrogen-bond donors (Lipinski definition) is 0. The van der Waals surface area contributed by atoms with E-state index < -0.39 is 0 Å². The van der Waals surface area contributed by atoms with Crippen LogP contribution >= 0.6 is 0 Å². The number of hydrogen-bond acceptors (Lipinski definition) is 4. The van der Waals surface area contributed by atoms with Crippen molar-refractivity contribution < 1.29 is 14.3 Å². The molecule has 6 heteroatoms. The summed E-state index contributed by atoms with van der Waals surface area (Å²) >= 11 is 0. The second kappa shape index (κ2) is 8.03. The van der Waals surface area contributed by atoms with Gasteiger partial charge in [0.15, 0.2) is 11.5 Å². The SMILES string of the molecule is CCCc1nccn1CC(=O)N1CCCC1c1ccc2c(c1)OCCCO2. The predicted octanol–water partition coefficient (Wildman–Crippen LogP) is 3.36. The normalized spacial score (nSPS) is 19.1. The van der Waals surface area contributed by atoms with Crippen molar-refractivity contribution in [3.63, 3.8) is 0 Å². The van der Waals surface area contributed by atoms with Crippen molar-refractivity contribution in [3.05, 3.63) is 42.0 Å². The van der Waals surface area contributed by atoms with Gasteiger partial charge in [-0.25, -0.2) is 4.98 Å². The van der Waals surface area contributed by atoms with Gasteiger partial charge in [0.05, 0.1) is 19.3 Å². The lowest BCUT2D eigenvalue weighted by Gasteiger charge is -2.26. The Kier molecular flexibility index (Phi) is 5.32. The summed E-state index contributed by atoms with van der Waals surface area (Å²) in [7, 11) is 0. The number of imidazole rings is 1. The first-order valence-corrected chi connectivity index (χ1v) is 9.95. The van der Waals surface area contributed by atoms with Crippen LogP contribution in [0, 0.1) is 0 Å². The Balaban J connectivity index is 1.51. The van der Waals surface area contributed by atoms with E-state index in [0.717, 1.165) is 61.5 Å². The van der Waals surface area contributed by atoms with E-state index in [4.69, 9.17) is 9.47 Å². The van der Waals surface area contributed by atoms with Crippen LogP contribution in [0.15, 0.2) is 30.6 Å². The minimum absolute atomic E-state index is 0.104. The monoisotopic (exact) mass is 369 g/mol. The Morgan fingerprint density at radius 2 is 2.07 bits per heavy atom. The first-order chi connectivity index (χ1) is 13.3. The second-order valence-electron chi connectivity index (χ2n) is 7.22. The maximum atomic E-state index is 13.0. The lowest BCUT2D eigenvalue weighted by molar-refractivity contribution is -0.132. The van der Waals surface area contributed by atoms with Gasteiger partial charge < -0.3 is 18.9 Å². The summed E-state index contributed by atoms with van der Waals surface area (Å²) in [6.07, 6.45) is 8.50. The van der Waals surface area contributed by atoms with Crippen molar-refractivity contribution >= 4 is 5.91 Å². The van der Waals surface area contributed by atoms with Gasteiger partial charge >= 0.3 is 0 Å². The standard InChI is InChI=1S/C21H27N3O3/c1-2-5-20-22-9-11-23(20)15-21(25)24-10-3-6-17(24)16-7-8-18-19(14-16)27-13-4-12-26-18/h7-9,11,14,17H,2-6,10,12-13,15H2,1H3. The van der Waals surface area contributed by atoms with Crippen molar-refractivity contribution in [3.8, 4) is 11.5 Å². The molecule has 0 radical (unpaired) electrons. The minimum Gasteiger partial charge on any atom is -0.490 e. The van der Waals surface area contributed by atoms with Gasteiger partial charge in [0.2, 0.25) is 5.91 Å². The topological polar surface area (TPSA) is 56.6 Å². The van der Waals surface area contributed by atoms with E-state index in [2.05, 4.69) is 24.0 Å². The molecule has 1 fully saturated rings. The molecule has 27 heavy (non-hydrogen) atoms. The van der Waals surface area contributed by atoms with Crippen LogP contribution in [-0.2, 0) is 17.8 Å². The molecule has 1 aromatic carbocycles. The van der Waals surface area contributed by atoms with Gasteiger partial charge in [-0.3, -0.25) is 4.79 Å². The summed E-state index contributed by atoms with van der Waals surface area (Å²) in [5.74, 6) is 2.73. The largest absolute Gasteiger partial charge is 0.490 e. The Morgan fingerprint density at radius 1 is 1.22 bits per heavy atom. The summed E-state index contributed by atoms with van der Waals surface area (Å²) in [5, 5.41) is 0. The molecule has 1 amide bonds. The summed E-state index contributed by atoms with van der Waals surface area (Å²) in [6.45, 7) is 4.64. The third kappa shape index (κ3) is 3.80. The number of likely N-dealkylation sites (tertiary alicyclic amines) is 1. The molecule has 6 nitrogen and oxygen atoms in total. The Bertz CT molecular complexity index is 802. The Morgan fingerprint density at radius 3 is 2.93 bits per heavy atom. The molecule has 2 aromatic rings. The van der Waals surface area contributed by atoms with Gasteiger partial charge in [0.1, 0.15) is 12.4 Å². The van der Waals surface area contributed by atoms with Crippen LogP contribution in [0.4, 0.5) is 0 Å². The molecule has 4 rings (SSSR count). The average molecular weight is 369 g/mol. The summed E-state index contributed by atoms with van der Waals surface area (Å²) < 4.78 is 13.5. The molecule has 0 bridgehead atoms. The van der Waals surface area contributed by atoms with Gasteiger partial charge in [0.25, 0.3) is 0 Å². The molecule has 2 aliphatic heterocycles. The molecule has 2 aliphatic rings. The molecule has 1 unspecified atom stereocenters. The first-order valence-electron chi connectivity index (χ1n) is 9.95. The fourth-order valence-electron chi connectivity index (χ4n) is 3.97. The van der Waals surface area contributed by atoms with Crippen molar-refractivity contribution in [2.45, 2.75) is 51.6 Å². The number of aryl methyl sites for hydroxylation is 1. The molecule has 3 heterocycles. The maximum Gasteiger partial charge on any atom is 0.243 e. The summed E-state index contributed by atoms with van der Waals surface area (Å²) in [4.78, 5) is 19.4. The number of carbonyl (C=O) groups is 1. The number of fused-ring (bicyclic) bond motifs is 1. The van der Waals surface area contributed by atoms with Crippen LogP contribution in [0.3, 0.4) is 0 Å². The minimum atomic E-state index is 0.104. The van der Waals surface area contributed by atoms with Crippen LogP contribution in [0.25, 0.3) is 0 Å². The second-order valence-corrected chi connectivity index (χ2v) is 7.22. The van der Waals surface area contributed by atoms with E-state index in [1.165, 1.54) is 0 Å². The number of amides is 1. The molecule has 0 aliphatic carbocycles. The number of aromatic nitrogens is 2. The quantitative estimate of drug-likeness (QED) is 0.811. The van der Waals surface area contributed by atoms with E-state index in [1.54, 1.807) is 6.20 Å². The van der Waals surface area contributed by atoms with Gasteiger partial charge in [-0.05, 0) is 37.0 Å². The molecule has 1 aromatic heterocycles. The summed E-state index contributed by atoms with van der Waals surface area (Å²) in [5.41, 5.74) is 1.13. The lowest BCUT2D eigenvalue weighted by Crippen LogP contribution is -2.33. The van der Waals surface area contributed by atoms with Crippen molar-refractivity contribution in [2.24, 2.45) is 0 Å². The van der Waals surface area contributed by atoms with Gasteiger partial charge in [-0.1, -0.05) is 13.0 Å². The molecule has 0 N–H and O–H groups in total. The van der Waals surface area contributed by atoms with E-state index in [0.29, 0.717) is 19.8 Å². The number of ether oxygens (including phenoxy) is 2. The number of benzene rings is 1. The number of carbonyl (C=O) groups excluding carboxylic acids is 1. The number of rotatable bonds is 5. The van der Waals surface area contributed by atoms with Gasteiger partial charge in [-0.15, -0.1) is 0 Å². The van der Waals surface area contributed by atoms with Crippen molar-refractivity contribution in [1.29, 1.82) is 0 Å². The molecule has 0 spiro atoms. The van der Waals surface area contributed by atoms with Crippen molar-refractivity contribution in [2.75, 3.05) is 19.8 Å². The zero-order valence-corrected chi connectivity index (χ0v) is 15.9. The third-order valence-corrected chi connectivity index (χ3v) is 5.31. The molecule has 144 valence electrons. The lowest BCUT2D eigenvalue weighted by atomic mass is 10.0. The van der Waals surface area contributed by atoms with Crippen molar-refractivity contribution in [1.82, 2.24) is 14.5 Å². The smallest absolute Gasteiger partial charge is 0.243 e. The average Bonchev–Trinajstić information content (AvgIpc) is 3.26. The van der Waals surface area contributed by atoms with Crippen LogP contribution in [-0.4, -0.2) is 40.1 Å². The molecule has 0 saturated carbocycles. The summed E-state index contributed by atoms with van der Waals surface area (Å²) in [6, 6.07) is 6.21. The number of nitrogens with zero attached hydrogens (tertiary/aromatic N) is 3. The van der Waals surface area contributed by atoms with E-state index in [-0.39, 0.29) is 11.9 Å². The molecule has 1 saturated heterocycles. The maximum absolute atomic E-state index is 13.0. The molecule has 1 atom stereocenters. The Labute approximate surface area is 160 Å². The predicted molar refractivity (Wildman–Crippen MR) is 102 cm³/mol. The fourth-order valence-corrected chi connectivity index (χ4v) is 3.97. The highest BCUT2D eigenvalue weighted by atomic mass is 16.5. The van der Waals surface area contributed by atoms with E-state index in [1.807, 2.05) is 21.7 Å². The van der Waals surface area contributed by atoms with Crippen LogP contribution < -0.4 is 9.47 Å².